The van der Waals surface area contributed by atoms with Crippen LogP contribution in [0.2, 0.25) is 10.0 Å². The van der Waals surface area contributed by atoms with Crippen molar-refractivity contribution in [2.45, 2.75) is 6.92 Å². The second kappa shape index (κ2) is 7.37. The van der Waals surface area contributed by atoms with Crippen molar-refractivity contribution in [2.75, 3.05) is 5.01 Å². The van der Waals surface area contributed by atoms with Gasteiger partial charge in [-0.25, -0.2) is 9.89 Å². The number of amides is 2. The van der Waals surface area contributed by atoms with Gasteiger partial charge in [0.1, 0.15) is 0 Å². The topological polar surface area (TPSA) is 126 Å². The largest absolute Gasteiger partial charge is 0.434 e. The van der Waals surface area contributed by atoms with Gasteiger partial charge in [-0.15, -0.1) is 10.2 Å². The van der Waals surface area contributed by atoms with Crippen LogP contribution in [0.25, 0.3) is 5.57 Å². The molecule has 144 valence electrons. The summed E-state index contributed by atoms with van der Waals surface area (Å²) in [6.45, 7) is 8.97. The minimum absolute atomic E-state index is 0.0388. The van der Waals surface area contributed by atoms with Crippen LogP contribution in [0, 0.1) is 0 Å². The summed E-state index contributed by atoms with van der Waals surface area (Å²) in [5.74, 6) is 0.179. The predicted molar refractivity (Wildman–Crippen MR) is 108 cm³/mol. The summed E-state index contributed by atoms with van der Waals surface area (Å²) in [5, 5.41) is 13.7. The molecular weight excluding hydrogens is 407 g/mol. The zero-order chi connectivity index (χ0) is 20.6. The lowest BCUT2D eigenvalue weighted by molar-refractivity contribution is 0.248. The quantitative estimate of drug-likeness (QED) is 0.699. The van der Waals surface area contributed by atoms with Gasteiger partial charge in [0.2, 0.25) is 5.88 Å². The third-order valence-electron chi connectivity index (χ3n) is 3.64. The smallest absolute Gasteiger partial charge is 0.347 e. The van der Waals surface area contributed by atoms with Gasteiger partial charge in [0.05, 0.1) is 21.4 Å². The van der Waals surface area contributed by atoms with E-state index >= 15 is 0 Å². The summed E-state index contributed by atoms with van der Waals surface area (Å²) in [5.41, 5.74) is 6.58. The van der Waals surface area contributed by atoms with Crippen LogP contribution in [-0.4, -0.2) is 22.1 Å². The zero-order valence-corrected chi connectivity index (χ0v) is 16.1. The number of aromatic nitrogens is 2. The average molecular weight is 421 g/mol. The SMILES string of the molecule is C=C1NC(=O)N(c2cc(Cl)c(Oc3cc(C(=C)C)c(=O)[nH]n3)c(Cl)c2)N=C1N. The van der Waals surface area contributed by atoms with E-state index < -0.39 is 11.6 Å². The van der Waals surface area contributed by atoms with Crippen LogP contribution in [0.1, 0.15) is 12.5 Å². The van der Waals surface area contributed by atoms with Gasteiger partial charge in [0, 0.05) is 11.6 Å². The Bertz CT molecular complexity index is 1090. The van der Waals surface area contributed by atoms with Crippen molar-refractivity contribution in [3.05, 3.63) is 63.0 Å². The second-order valence-electron chi connectivity index (χ2n) is 5.78. The number of carbonyl (C=O) groups excluding carboxylic acids is 1. The van der Waals surface area contributed by atoms with Crippen molar-refractivity contribution in [1.29, 1.82) is 0 Å². The fraction of sp³-hybridized carbons (Fsp3) is 0.0588. The van der Waals surface area contributed by atoms with E-state index in [1.807, 2.05) is 0 Å². The number of nitrogens with zero attached hydrogens (tertiary/aromatic N) is 3. The van der Waals surface area contributed by atoms with Crippen LogP contribution in [0.5, 0.6) is 11.6 Å². The number of rotatable bonds is 4. The van der Waals surface area contributed by atoms with E-state index in [0.29, 0.717) is 11.1 Å². The van der Waals surface area contributed by atoms with Crippen molar-refractivity contribution in [3.8, 4) is 11.6 Å². The van der Waals surface area contributed by atoms with Crippen molar-refractivity contribution < 1.29 is 9.53 Å². The lowest BCUT2D eigenvalue weighted by Crippen LogP contribution is -2.45. The monoisotopic (exact) mass is 420 g/mol. The lowest BCUT2D eigenvalue weighted by atomic mass is 10.2. The first-order valence-corrected chi connectivity index (χ1v) is 8.50. The predicted octanol–water partition coefficient (Wildman–Crippen LogP) is 3.22. The summed E-state index contributed by atoms with van der Waals surface area (Å²) in [7, 11) is 0. The van der Waals surface area contributed by atoms with E-state index in [9.17, 15) is 9.59 Å². The fourth-order valence-electron chi connectivity index (χ4n) is 2.26. The standard InChI is InChI=1S/C17H14Cl2N6O3/c1-7(2)10-6-13(22-23-16(10)26)28-14-11(18)4-9(5-12(14)19)25-17(27)21-8(3)15(20)24-25/h4-6H,1,3H2,2H3,(H2,20,24)(H,21,27)(H,23,26). The minimum atomic E-state index is -0.576. The van der Waals surface area contributed by atoms with Crippen molar-refractivity contribution >= 4 is 46.3 Å². The van der Waals surface area contributed by atoms with Crippen LogP contribution in [-0.2, 0) is 0 Å². The molecule has 0 saturated carbocycles. The number of hydrazone groups is 1. The number of amidine groups is 1. The van der Waals surface area contributed by atoms with Crippen LogP contribution in [0.3, 0.4) is 0 Å². The van der Waals surface area contributed by atoms with Gasteiger partial charge >= 0.3 is 6.03 Å². The second-order valence-corrected chi connectivity index (χ2v) is 6.59. The maximum absolute atomic E-state index is 12.1. The Hall–Kier alpha value is -3.30. The summed E-state index contributed by atoms with van der Waals surface area (Å²) >= 11 is 12.5. The third kappa shape index (κ3) is 3.71. The van der Waals surface area contributed by atoms with Gasteiger partial charge in [-0.05, 0) is 24.6 Å². The number of aromatic amines is 1. The molecule has 1 aliphatic rings. The molecule has 0 saturated heterocycles. The van der Waals surface area contributed by atoms with Gasteiger partial charge in [-0.1, -0.05) is 36.4 Å². The molecule has 0 atom stereocenters. The number of H-pyrrole nitrogens is 1. The first-order valence-electron chi connectivity index (χ1n) is 7.74. The molecule has 11 heteroatoms. The Labute approximate surface area is 169 Å². The number of halogens is 2. The maximum Gasteiger partial charge on any atom is 0.347 e. The Morgan fingerprint density at radius 2 is 1.89 bits per heavy atom. The molecule has 0 unspecified atom stereocenters. The normalized spacial score (nSPS) is 13.8. The van der Waals surface area contributed by atoms with Crippen molar-refractivity contribution in [1.82, 2.24) is 15.5 Å². The number of hydrogen-bond acceptors (Lipinski definition) is 6. The molecule has 1 aromatic heterocycles. The van der Waals surface area contributed by atoms with Crippen molar-refractivity contribution in [2.24, 2.45) is 10.8 Å². The van der Waals surface area contributed by atoms with E-state index in [-0.39, 0.29) is 38.9 Å². The molecule has 2 aromatic rings. The number of allylic oxidation sites excluding steroid dienone is 1. The van der Waals surface area contributed by atoms with E-state index in [0.717, 1.165) is 5.01 Å². The van der Waals surface area contributed by atoms with E-state index in [1.165, 1.54) is 18.2 Å². The van der Waals surface area contributed by atoms with Crippen molar-refractivity contribution in [3.63, 3.8) is 0 Å². The van der Waals surface area contributed by atoms with Gasteiger partial charge < -0.3 is 15.8 Å². The minimum Gasteiger partial charge on any atom is -0.434 e. The Kier molecular flexibility index (Phi) is 5.12. The Morgan fingerprint density at radius 1 is 1.25 bits per heavy atom. The molecular formula is C17H14Cl2N6O3. The molecule has 0 fully saturated rings. The number of urea groups is 1. The molecule has 0 spiro atoms. The molecule has 3 rings (SSSR count). The molecule has 4 N–H and O–H groups in total. The van der Waals surface area contributed by atoms with E-state index in [1.54, 1.807) is 6.92 Å². The molecule has 0 bridgehead atoms. The number of hydrogen-bond donors (Lipinski definition) is 3. The summed E-state index contributed by atoms with van der Waals surface area (Å²) in [6.07, 6.45) is 0. The first kappa shape index (κ1) is 19.5. The zero-order valence-electron chi connectivity index (χ0n) is 14.5. The van der Waals surface area contributed by atoms with Gasteiger partial charge in [-0.3, -0.25) is 4.79 Å². The van der Waals surface area contributed by atoms with Crippen LogP contribution >= 0.6 is 23.2 Å². The van der Waals surface area contributed by atoms with Gasteiger partial charge in [0.25, 0.3) is 5.56 Å². The first-order chi connectivity index (χ1) is 13.2. The van der Waals surface area contributed by atoms with Gasteiger partial charge in [0.15, 0.2) is 11.6 Å². The molecule has 0 radical (unpaired) electrons. The van der Waals surface area contributed by atoms with Crippen LogP contribution < -0.4 is 26.4 Å². The molecule has 0 aliphatic carbocycles. The number of carbonyl (C=O) groups is 1. The highest BCUT2D eigenvalue weighted by Crippen LogP contribution is 2.39. The number of benzene rings is 1. The summed E-state index contributed by atoms with van der Waals surface area (Å²) in [4.78, 5) is 23.8. The lowest BCUT2D eigenvalue weighted by Gasteiger charge is -2.24. The number of anilines is 1. The Morgan fingerprint density at radius 3 is 2.50 bits per heavy atom. The van der Waals surface area contributed by atoms with Gasteiger partial charge in [-0.2, -0.15) is 5.01 Å². The number of nitrogens with one attached hydrogen (secondary N) is 2. The number of ether oxygens (including phenoxy) is 1. The maximum atomic E-state index is 12.1. The fourth-order valence-corrected chi connectivity index (χ4v) is 2.81. The molecule has 28 heavy (non-hydrogen) atoms. The molecule has 2 heterocycles. The van der Waals surface area contributed by atoms with Crippen LogP contribution in [0.15, 0.2) is 46.9 Å². The van der Waals surface area contributed by atoms with Crippen LogP contribution in [0.4, 0.5) is 10.5 Å². The molecule has 1 aromatic carbocycles. The van der Waals surface area contributed by atoms with E-state index in [2.05, 4.69) is 33.8 Å². The summed E-state index contributed by atoms with van der Waals surface area (Å²) in [6, 6.07) is 3.67. The highest BCUT2D eigenvalue weighted by atomic mass is 35.5. The molecule has 1 aliphatic heterocycles. The Balaban J connectivity index is 1.96. The summed E-state index contributed by atoms with van der Waals surface area (Å²) < 4.78 is 5.61. The average Bonchev–Trinajstić information content (AvgIpc) is 2.62. The number of nitrogens with two attached hydrogens (primary N) is 1. The third-order valence-corrected chi connectivity index (χ3v) is 4.20. The van der Waals surface area contributed by atoms with E-state index in [4.69, 9.17) is 33.7 Å². The molecule has 9 nitrogen and oxygen atoms in total. The highest BCUT2D eigenvalue weighted by Gasteiger charge is 2.25. The molecule has 2 amide bonds. The highest BCUT2D eigenvalue weighted by molar-refractivity contribution is 6.37.